The standard InChI is InChI=1S/C14H18BrN3/c1-9(12-4-6-13(15)7-5-12)16-8-14-10(2)17-18-11(14)3/h4-7,9,16H,8H2,1-3H3,(H,17,18)/t9-/m1/s1. The molecule has 0 fully saturated rings. The summed E-state index contributed by atoms with van der Waals surface area (Å²) in [6, 6.07) is 8.74. The number of nitrogens with zero attached hydrogens (tertiary/aromatic N) is 1. The summed E-state index contributed by atoms with van der Waals surface area (Å²) in [5, 5.41) is 10.7. The quantitative estimate of drug-likeness (QED) is 0.905. The lowest BCUT2D eigenvalue weighted by Crippen LogP contribution is -2.18. The van der Waals surface area contributed by atoms with Crippen molar-refractivity contribution in [1.82, 2.24) is 15.5 Å². The smallest absolute Gasteiger partial charge is 0.0638 e. The summed E-state index contributed by atoms with van der Waals surface area (Å²) < 4.78 is 1.11. The third-order valence-electron chi connectivity index (χ3n) is 3.24. The first-order valence-corrected chi connectivity index (χ1v) is 6.86. The van der Waals surface area contributed by atoms with Crippen LogP contribution in [0.1, 0.15) is 35.5 Å². The Hall–Kier alpha value is -1.13. The first-order chi connectivity index (χ1) is 8.58. The molecule has 2 rings (SSSR count). The van der Waals surface area contributed by atoms with E-state index in [0.29, 0.717) is 6.04 Å². The zero-order valence-corrected chi connectivity index (χ0v) is 12.5. The molecule has 0 amide bonds. The minimum absolute atomic E-state index is 0.326. The monoisotopic (exact) mass is 307 g/mol. The predicted octanol–water partition coefficient (Wildman–Crippen LogP) is 3.64. The summed E-state index contributed by atoms with van der Waals surface area (Å²) >= 11 is 3.45. The van der Waals surface area contributed by atoms with E-state index < -0.39 is 0 Å². The molecule has 0 spiro atoms. The van der Waals surface area contributed by atoms with Gasteiger partial charge in [0.05, 0.1) is 5.69 Å². The third kappa shape index (κ3) is 3.00. The van der Waals surface area contributed by atoms with Gasteiger partial charge >= 0.3 is 0 Å². The normalized spacial score (nSPS) is 12.7. The maximum absolute atomic E-state index is 4.21. The third-order valence-corrected chi connectivity index (χ3v) is 3.76. The minimum atomic E-state index is 0.326. The summed E-state index contributed by atoms with van der Waals surface area (Å²) in [5.74, 6) is 0. The Bertz CT molecular complexity index is 497. The van der Waals surface area contributed by atoms with Gasteiger partial charge in [0.25, 0.3) is 0 Å². The molecule has 0 aliphatic carbocycles. The van der Waals surface area contributed by atoms with Gasteiger partial charge in [-0.15, -0.1) is 0 Å². The number of benzene rings is 1. The Morgan fingerprint density at radius 2 is 1.94 bits per heavy atom. The molecule has 1 aromatic carbocycles. The molecule has 0 saturated carbocycles. The van der Waals surface area contributed by atoms with Crippen LogP contribution in [-0.4, -0.2) is 10.2 Å². The topological polar surface area (TPSA) is 40.7 Å². The number of hydrogen-bond acceptors (Lipinski definition) is 2. The Kier molecular flexibility index (Phi) is 4.19. The summed E-state index contributed by atoms with van der Waals surface area (Å²) in [6.45, 7) is 7.10. The zero-order chi connectivity index (χ0) is 13.1. The van der Waals surface area contributed by atoms with E-state index in [-0.39, 0.29) is 0 Å². The summed E-state index contributed by atoms with van der Waals surface area (Å²) in [5.41, 5.74) is 4.77. The van der Waals surface area contributed by atoms with Crippen molar-refractivity contribution >= 4 is 15.9 Å². The molecule has 2 N–H and O–H groups in total. The number of rotatable bonds is 4. The summed E-state index contributed by atoms with van der Waals surface area (Å²) in [4.78, 5) is 0. The first kappa shape index (κ1) is 13.3. The second kappa shape index (κ2) is 5.67. The van der Waals surface area contributed by atoms with Crippen molar-refractivity contribution in [1.29, 1.82) is 0 Å². The van der Waals surface area contributed by atoms with Crippen molar-refractivity contribution in [3.63, 3.8) is 0 Å². The van der Waals surface area contributed by atoms with Gasteiger partial charge in [0.15, 0.2) is 0 Å². The lowest BCUT2D eigenvalue weighted by Gasteiger charge is -2.14. The fourth-order valence-electron chi connectivity index (χ4n) is 1.96. The van der Waals surface area contributed by atoms with Crippen molar-refractivity contribution in [2.24, 2.45) is 0 Å². The molecule has 2 aromatic rings. The zero-order valence-electron chi connectivity index (χ0n) is 10.9. The molecular formula is C14H18BrN3. The molecule has 4 heteroatoms. The van der Waals surface area contributed by atoms with Gasteiger partial charge in [-0.3, -0.25) is 5.10 Å². The van der Waals surface area contributed by atoms with E-state index in [9.17, 15) is 0 Å². The van der Waals surface area contributed by atoms with Crippen LogP contribution in [0.2, 0.25) is 0 Å². The molecule has 18 heavy (non-hydrogen) atoms. The first-order valence-electron chi connectivity index (χ1n) is 6.07. The molecule has 0 bridgehead atoms. The van der Waals surface area contributed by atoms with Crippen LogP contribution in [0.25, 0.3) is 0 Å². The molecular weight excluding hydrogens is 290 g/mol. The van der Waals surface area contributed by atoms with E-state index >= 15 is 0 Å². The average molecular weight is 308 g/mol. The van der Waals surface area contributed by atoms with Gasteiger partial charge in [-0.25, -0.2) is 0 Å². The maximum atomic E-state index is 4.21. The Balaban J connectivity index is 2.00. The van der Waals surface area contributed by atoms with Crippen molar-refractivity contribution in [3.05, 3.63) is 51.3 Å². The van der Waals surface area contributed by atoms with Crippen LogP contribution in [0.5, 0.6) is 0 Å². The molecule has 96 valence electrons. The lowest BCUT2D eigenvalue weighted by atomic mass is 10.1. The van der Waals surface area contributed by atoms with E-state index in [1.54, 1.807) is 0 Å². The molecule has 0 saturated heterocycles. The second-order valence-corrected chi connectivity index (χ2v) is 5.48. The molecule has 1 atom stereocenters. The molecule has 0 aliphatic rings. The van der Waals surface area contributed by atoms with Gasteiger partial charge in [-0.05, 0) is 38.5 Å². The van der Waals surface area contributed by atoms with Crippen molar-refractivity contribution in [3.8, 4) is 0 Å². The van der Waals surface area contributed by atoms with E-state index in [4.69, 9.17) is 0 Å². The molecule has 0 unspecified atom stereocenters. The molecule has 3 nitrogen and oxygen atoms in total. The number of nitrogens with one attached hydrogen (secondary N) is 2. The van der Waals surface area contributed by atoms with Gasteiger partial charge in [0.2, 0.25) is 0 Å². The summed E-state index contributed by atoms with van der Waals surface area (Å²) in [6.07, 6.45) is 0. The van der Waals surface area contributed by atoms with Gasteiger partial charge in [0.1, 0.15) is 0 Å². The van der Waals surface area contributed by atoms with Crippen molar-refractivity contribution in [2.45, 2.75) is 33.4 Å². The number of aryl methyl sites for hydroxylation is 2. The van der Waals surface area contributed by atoms with Gasteiger partial charge in [-0.1, -0.05) is 28.1 Å². The highest BCUT2D eigenvalue weighted by atomic mass is 79.9. The largest absolute Gasteiger partial charge is 0.306 e. The highest BCUT2D eigenvalue weighted by molar-refractivity contribution is 9.10. The molecule has 1 aromatic heterocycles. The van der Waals surface area contributed by atoms with Crippen LogP contribution in [-0.2, 0) is 6.54 Å². The van der Waals surface area contributed by atoms with Crippen LogP contribution in [0.15, 0.2) is 28.7 Å². The van der Waals surface area contributed by atoms with E-state index in [2.05, 4.69) is 69.6 Å². The highest BCUT2D eigenvalue weighted by Crippen LogP contribution is 2.17. The van der Waals surface area contributed by atoms with Gasteiger partial charge in [0, 0.05) is 28.3 Å². The van der Waals surface area contributed by atoms with E-state index in [1.165, 1.54) is 11.1 Å². The fourth-order valence-corrected chi connectivity index (χ4v) is 2.22. The van der Waals surface area contributed by atoms with Crippen LogP contribution in [0, 0.1) is 13.8 Å². The number of hydrogen-bond donors (Lipinski definition) is 2. The van der Waals surface area contributed by atoms with Crippen LogP contribution in [0.4, 0.5) is 0 Å². The number of aromatic amines is 1. The Morgan fingerprint density at radius 1 is 1.28 bits per heavy atom. The van der Waals surface area contributed by atoms with Crippen molar-refractivity contribution < 1.29 is 0 Å². The highest BCUT2D eigenvalue weighted by Gasteiger charge is 2.09. The number of halogens is 1. The minimum Gasteiger partial charge on any atom is -0.306 e. The van der Waals surface area contributed by atoms with Crippen LogP contribution in [0.3, 0.4) is 0 Å². The van der Waals surface area contributed by atoms with Crippen LogP contribution < -0.4 is 5.32 Å². The average Bonchev–Trinajstić information content (AvgIpc) is 2.67. The molecule has 0 radical (unpaired) electrons. The SMILES string of the molecule is Cc1n[nH]c(C)c1CN[C@H](C)c1ccc(Br)cc1. The van der Waals surface area contributed by atoms with Gasteiger partial charge in [-0.2, -0.15) is 5.10 Å². The summed E-state index contributed by atoms with van der Waals surface area (Å²) in [7, 11) is 0. The fraction of sp³-hybridized carbons (Fsp3) is 0.357. The molecule has 1 heterocycles. The number of H-pyrrole nitrogens is 1. The van der Waals surface area contributed by atoms with E-state index in [0.717, 1.165) is 22.4 Å². The number of aromatic nitrogens is 2. The second-order valence-electron chi connectivity index (χ2n) is 4.57. The maximum Gasteiger partial charge on any atom is 0.0638 e. The molecule has 0 aliphatic heterocycles. The van der Waals surface area contributed by atoms with E-state index in [1.807, 2.05) is 6.92 Å². The predicted molar refractivity (Wildman–Crippen MR) is 77.5 cm³/mol. The Morgan fingerprint density at radius 3 is 2.50 bits per heavy atom. The van der Waals surface area contributed by atoms with Crippen LogP contribution >= 0.6 is 15.9 Å². The van der Waals surface area contributed by atoms with Crippen molar-refractivity contribution in [2.75, 3.05) is 0 Å². The lowest BCUT2D eigenvalue weighted by molar-refractivity contribution is 0.572. The van der Waals surface area contributed by atoms with Gasteiger partial charge < -0.3 is 5.32 Å². The Labute approximate surface area is 116 Å².